The van der Waals surface area contributed by atoms with Crippen LogP contribution in [0.5, 0.6) is 0 Å². The predicted octanol–water partition coefficient (Wildman–Crippen LogP) is 3.34. The summed E-state index contributed by atoms with van der Waals surface area (Å²) in [6, 6.07) is 6.01. The van der Waals surface area contributed by atoms with Gasteiger partial charge in [-0.3, -0.25) is 4.79 Å². The van der Waals surface area contributed by atoms with Crippen LogP contribution >= 0.6 is 0 Å². The number of benzene rings is 1. The van der Waals surface area contributed by atoms with Gasteiger partial charge in [0.25, 0.3) is 0 Å². The van der Waals surface area contributed by atoms with Crippen LogP contribution in [-0.2, 0) is 4.79 Å². The smallest absolute Gasteiger partial charge is 0.310 e. The Balaban J connectivity index is 2.95. The third-order valence-electron chi connectivity index (χ3n) is 2.56. The van der Waals surface area contributed by atoms with Crippen molar-refractivity contribution in [2.45, 2.75) is 20.3 Å². The second-order valence-corrected chi connectivity index (χ2v) is 3.68. The number of halogens is 1. The molecule has 1 unspecified atom stereocenters. The standard InChI is InChI=1S/C13H15FO2/c1-3-11(9(2)13(15)16)8-10-4-6-12(14)7-5-10/h4-9H,3H2,1-2H3,(H,15,16)/b11-8-. The van der Waals surface area contributed by atoms with Gasteiger partial charge in [0.1, 0.15) is 5.82 Å². The van der Waals surface area contributed by atoms with E-state index in [2.05, 4.69) is 0 Å². The van der Waals surface area contributed by atoms with Crippen molar-refractivity contribution in [2.75, 3.05) is 0 Å². The Kier molecular flexibility index (Phi) is 4.23. The maximum absolute atomic E-state index is 12.7. The van der Waals surface area contributed by atoms with Gasteiger partial charge >= 0.3 is 5.97 Å². The van der Waals surface area contributed by atoms with E-state index >= 15 is 0 Å². The Bertz CT molecular complexity index is 393. The largest absolute Gasteiger partial charge is 0.481 e. The Labute approximate surface area is 94.4 Å². The SMILES string of the molecule is CC/C(=C/c1ccc(F)cc1)C(C)C(=O)O. The third kappa shape index (κ3) is 3.19. The number of hydrogen-bond donors (Lipinski definition) is 1. The topological polar surface area (TPSA) is 37.3 Å². The van der Waals surface area contributed by atoms with E-state index in [9.17, 15) is 9.18 Å². The van der Waals surface area contributed by atoms with Crippen LogP contribution in [0.2, 0.25) is 0 Å². The molecule has 0 aliphatic carbocycles. The van der Waals surface area contributed by atoms with Crippen LogP contribution in [0.25, 0.3) is 6.08 Å². The molecule has 1 atom stereocenters. The second-order valence-electron chi connectivity index (χ2n) is 3.68. The normalized spacial score (nSPS) is 13.6. The molecule has 86 valence electrons. The van der Waals surface area contributed by atoms with Gasteiger partial charge in [-0.1, -0.05) is 30.7 Å². The molecule has 0 radical (unpaired) electrons. The predicted molar refractivity (Wildman–Crippen MR) is 61.5 cm³/mol. The average molecular weight is 222 g/mol. The minimum absolute atomic E-state index is 0.290. The van der Waals surface area contributed by atoms with Gasteiger partial charge in [0.15, 0.2) is 0 Å². The van der Waals surface area contributed by atoms with Crippen molar-refractivity contribution in [1.82, 2.24) is 0 Å². The van der Waals surface area contributed by atoms with Crippen LogP contribution in [-0.4, -0.2) is 11.1 Å². The van der Waals surface area contributed by atoms with Crippen molar-refractivity contribution >= 4 is 12.0 Å². The van der Waals surface area contributed by atoms with Crippen molar-refractivity contribution < 1.29 is 14.3 Å². The molecule has 16 heavy (non-hydrogen) atoms. The summed E-state index contributed by atoms with van der Waals surface area (Å²) >= 11 is 0. The van der Waals surface area contributed by atoms with Crippen LogP contribution in [0.3, 0.4) is 0 Å². The van der Waals surface area contributed by atoms with E-state index in [4.69, 9.17) is 5.11 Å². The lowest BCUT2D eigenvalue weighted by Crippen LogP contribution is -2.11. The van der Waals surface area contributed by atoms with Crippen LogP contribution in [0, 0.1) is 11.7 Å². The first-order chi connectivity index (χ1) is 7.54. The summed E-state index contributed by atoms with van der Waals surface area (Å²) in [6.45, 7) is 3.57. The third-order valence-corrected chi connectivity index (χ3v) is 2.56. The van der Waals surface area contributed by atoms with Crippen molar-refractivity contribution in [3.63, 3.8) is 0 Å². The Hall–Kier alpha value is -1.64. The monoisotopic (exact) mass is 222 g/mol. The summed E-state index contributed by atoms with van der Waals surface area (Å²) in [5.41, 5.74) is 1.66. The molecule has 0 fully saturated rings. The first-order valence-electron chi connectivity index (χ1n) is 5.23. The molecular formula is C13H15FO2. The number of carboxylic acid groups (broad SMARTS) is 1. The van der Waals surface area contributed by atoms with Crippen LogP contribution in [0.4, 0.5) is 4.39 Å². The fourth-order valence-corrected chi connectivity index (χ4v) is 1.46. The van der Waals surface area contributed by atoms with E-state index in [-0.39, 0.29) is 5.82 Å². The van der Waals surface area contributed by atoms with Crippen molar-refractivity contribution in [1.29, 1.82) is 0 Å². The maximum atomic E-state index is 12.7. The van der Waals surface area contributed by atoms with Crippen molar-refractivity contribution in [3.8, 4) is 0 Å². The zero-order valence-corrected chi connectivity index (χ0v) is 9.40. The molecule has 1 rings (SSSR count). The minimum Gasteiger partial charge on any atom is -0.481 e. The summed E-state index contributed by atoms with van der Waals surface area (Å²) in [5, 5.41) is 8.90. The zero-order chi connectivity index (χ0) is 12.1. The van der Waals surface area contributed by atoms with Gasteiger partial charge in [-0.15, -0.1) is 0 Å². The van der Waals surface area contributed by atoms with Gasteiger partial charge in [-0.05, 0) is 31.0 Å². The zero-order valence-electron chi connectivity index (χ0n) is 9.40. The molecule has 0 amide bonds. The van der Waals surface area contributed by atoms with Gasteiger partial charge in [0.05, 0.1) is 5.92 Å². The van der Waals surface area contributed by atoms with Gasteiger partial charge in [0, 0.05) is 0 Å². The highest BCUT2D eigenvalue weighted by Crippen LogP contribution is 2.18. The van der Waals surface area contributed by atoms with E-state index in [0.717, 1.165) is 11.1 Å². The van der Waals surface area contributed by atoms with E-state index in [1.807, 2.05) is 6.92 Å². The van der Waals surface area contributed by atoms with Crippen LogP contribution < -0.4 is 0 Å². The van der Waals surface area contributed by atoms with Crippen LogP contribution in [0.1, 0.15) is 25.8 Å². The molecule has 0 aromatic heterocycles. The number of aliphatic carboxylic acids is 1. The highest BCUT2D eigenvalue weighted by molar-refractivity contribution is 5.75. The summed E-state index contributed by atoms with van der Waals surface area (Å²) < 4.78 is 12.7. The number of carbonyl (C=O) groups is 1. The molecule has 0 bridgehead atoms. The van der Waals surface area contributed by atoms with Crippen molar-refractivity contribution in [2.24, 2.45) is 5.92 Å². The highest BCUT2D eigenvalue weighted by atomic mass is 19.1. The quantitative estimate of drug-likeness (QED) is 0.848. The second kappa shape index (κ2) is 5.45. The molecular weight excluding hydrogens is 207 g/mol. The van der Waals surface area contributed by atoms with E-state index in [1.54, 1.807) is 25.1 Å². The van der Waals surface area contributed by atoms with E-state index in [1.165, 1.54) is 12.1 Å². The van der Waals surface area contributed by atoms with Gasteiger partial charge < -0.3 is 5.11 Å². The summed E-state index contributed by atoms with van der Waals surface area (Å²) in [5.74, 6) is -1.63. The van der Waals surface area contributed by atoms with Gasteiger partial charge in [-0.2, -0.15) is 0 Å². The summed E-state index contributed by atoms with van der Waals surface area (Å²) in [6.07, 6.45) is 2.48. The van der Waals surface area contributed by atoms with Crippen molar-refractivity contribution in [3.05, 3.63) is 41.2 Å². The maximum Gasteiger partial charge on any atom is 0.310 e. The molecule has 0 spiro atoms. The van der Waals surface area contributed by atoms with Gasteiger partial charge in [0.2, 0.25) is 0 Å². The molecule has 0 heterocycles. The molecule has 1 aromatic carbocycles. The Morgan fingerprint density at radius 2 is 2.00 bits per heavy atom. The molecule has 1 N–H and O–H groups in total. The highest BCUT2D eigenvalue weighted by Gasteiger charge is 2.14. The Morgan fingerprint density at radius 1 is 1.44 bits per heavy atom. The molecule has 3 heteroatoms. The lowest BCUT2D eigenvalue weighted by molar-refractivity contribution is -0.139. The molecule has 0 saturated carbocycles. The van der Waals surface area contributed by atoms with E-state index in [0.29, 0.717) is 6.42 Å². The average Bonchev–Trinajstić information content (AvgIpc) is 2.27. The first kappa shape index (κ1) is 12.4. The number of carboxylic acids is 1. The number of rotatable bonds is 4. The van der Waals surface area contributed by atoms with Gasteiger partial charge in [-0.25, -0.2) is 4.39 Å². The molecule has 2 nitrogen and oxygen atoms in total. The lowest BCUT2D eigenvalue weighted by atomic mass is 9.96. The Morgan fingerprint density at radius 3 is 2.44 bits per heavy atom. The fraction of sp³-hybridized carbons (Fsp3) is 0.308. The molecule has 0 aliphatic heterocycles. The van der Waals surface area contributed by atoms with E-state index < -0.39 is 11.9 Å². The summed E-state index contributed by atoms with van der Waals surface area (Å²) in [7, 11) is 0. The molecule has 0 saturated heterocycles. The van der Waals surface area contributed by atoms with Crippen LogP contribution in [0.15, 0.2) is 29.8 Å². The molecule has 1 aromatic rings. The summed E-state index contributed by atoms with van der Waals surface area (Å²) in [4.78, 5) is 10.8. The lowest BCUT2D eigenvalue weighted by Gasteiger charge is -2.09. The number of hydrogen-bond acceptors (Lipinski definition) is 1. The molecule has 0 aliphatic rings. The fourth-order valence-electron chi connectivity index (χ4n) is 1.46. The first-order valence-corrected chi connectivity index (χ1v) is 5.23. The minimum atomic E-state index is -0.838.